The van der Waals surface area contributed by atoms with Gasteiger partial charge in [-0.1, -0.05) is 35.3 Å². The molecule has 0 N–H and O–H groups in total. The van der Waals surface area contributed by atoms with Gasteiger partial charge in [0.2, 0.25) is 0 Å². The van der Waals surface area contributed by atoms with Crippen LogP contribution < -0.4 is 4.74 Å². The fourth-order valence-corrected chi connectivity index (χ4v) is 5.51. The van der Waals surface area contributed by atoms with Crippen LogP contribution >= 0.6 is 23.2 Å². The van der Waals surface area contributed by atoms with Crippen LogP contribution in [-0.2, 0) is 29.1 Å². The lowest BCUT2D eigenvalue weighted by Gasteiger charge is -2.54. The van der Waals surface area contributed by atoms with E-state index in [1.807, 2.05) is 12.1 Å². The molecule has 0 atom stereocenters. The number of carbonyl (C=O) groups is 2. The number of carbonyl (C=O) groups excluding carboxylic acids is 2. The van der Waals surface area contributed by atoms with Crippen LogP contribution in [-0.4, -0.2) is 48.0 Å². The van der Waals surface area contributed by atoms with Crippen LogP contribution in [0.2, 0.25) is 10.0 Å². The second kappa shape index (κ2) is 8.58. The van der Waals surface area contributed by atoms with Crippen LogP contribution in [0.25, 0.3) is 0 Å². The number of rotatable bonds is 4. The highest BCUT2D eigenvalue weighted by Gasteiger charge is 2.45. The smallest absolute Gasteiger partial charge is 0.410 e. The number of fused-ring (bicyclic) bond motifs is 1. The third-order valence-electron chi connectivity index (χ3n) is 6.58. The number of nitrogens with zero attached hydrogens (tertiary/aromatic N) is 2. The van der Waals surface area contributed by atoms with Gasteiger partial charge >= 0.3 is 12.1 Å². The minimum absolute atomic E-state index is 0.157. The van der Waals surface area contributed by atoms with Crippen molar-refractivity contribution < 1.29 is 19.1 Å². The zero-order chi connectivity index (χ0) is 22.3. The van der Waals surface area contributed by atoms with Crippen molar-refractivity contribution in [2.24, 2.45) is 5.41 Å². The summed E-state index contributed by atoms with van der Waals surface area (Å²) in [6.07, 6.45) is 2.03. The Hall–Kier alpha value is -2.28. The van der Waals surface area contributed by atoms with Crippen molar-refractivity contribution in [1.82, 2.24) is 9.80 Å². The van der Waals surface area contributed by atoms with Gasteiger partial charge in [0, 0.05) is 48.3 Å². The fourth-order valence-electron chi connectivity index (χ4n) is 4.94. The molecule has 32 heavy (non-hydrogen) atoms. The molecule has 2 fully saturated rings. The average Bonchev–Trinajstić information content (AvgIpc) is 3.10. The molecule has 3 aliphatic rings. The van der Waals surface area contributed by atoms with Crippen molar-refractivity contribution in [2.75, 3.05) is 26.2 Å². The molecular weight excluding hydrogens is 451 g/mol. The molecule has 2 saturated heterocycles. The summed E-state index contributed by atoms with van der Waals surface area (Å²) in [7, 11) is 0. The van der Waals surface area contributed by atoms with Crippen molar-refractivity contribution in [3.05, 3.63) is 63.1 Å². The van der Waals surface area contributed by atoms with E-state index in [9.17, 15) is 9.59 Å². The lowest BCUT2D eigenvalue weighted by molar-refractivity contribution is -0.131. The van der Waals surface area contributed by atoms with Gasteiger partial charge in [0.1, 0.15) is 12.4 Å². The van der Waals surface area contributed by atoms with Crippen LogP contribution in [0.3, 0.4) is 0 Å². The number of amides is 1. The molecule has 0 bridgehead atoms. The minimum atomic E-state index is -0.292. The second-order valence-electron chi connectivity index (χ2n) is 9.06. The third kappa shape index (κ3) is 4.58. The van der Waals surface area contributed by atoms with Crippen molar-refractivity contribution in [3.63, 3.8) is 0 Å². The molecule has 5 rings (SSSR count). The molecule has 0 saturated carbocycles. The van der Waals surface area contributed by atoms with Gasteiger partial charge in [-0.2, -0.15) is 0 Å². The molecule has 1 amide bonds. The van der Waals surface area contributed by atoms with Crippen LogP contribution in [0.1, 0.15) is 29.5 Å². The number of hydrogen-bond acceptors (Lipinski definition) is 5. The number of benzene rings is 2. The zero-order valence-electron chi connectivity index (χ0n) is 17.6. The summed E-state index contributed by atoms with van der Waals surface area (Å²) < 4.78 is 10.7. The van der Waals surface area contributed by atoms with Gasteiger partial charge in [-0.25, -0.2) is 4.79 Å². The summed E-state index contributed by atoms with van der Waals surface area (Å²) in [5.74, 6) is 0.524. The molecule has 6 nitrogen and oxygen atoms in total. The maximum absolute atomic E-state index is 12.5. The molecule has 0 aliphatic carbocycles. The summed E-state index contributed by atoms with van der Waals surface area (Å²) in [6.45, 7) is 4.46. The van der Waals surface area contributed by atoms with E-state index in [4.69, 9.17) is 32.7 Å². The summed E-state index contributed by atoms with van der Waals surface area (Å²) in [5.41, 5.74) is 3.19. The predicted molar refractivity (Wildman–Crippen MR) is 121 cm³/mol. The Bertz CT molecular complexity index is 1040. The van der Waals surface area contributed by atoms with Crippen molar-refractivity contribution in [1.29, 1.82) is 0 Å². The van der Waals surface area contributed by atoms with Crippen LogP contribution in [0.4, 0.5) is 4.79 Å². The number of esters is 1. The topological polar surface area (TPSA) is 59.1 Å². The first-order chi connectivity index (χ1) is 15.4. The molecule has 3 aliphatic heterocycles. The highest BCUT2D eigenvalue weighted by molar-refractivity contribution is 6.34. The zero-order valence-corrected chi connectivity index (χ0v) is 19.1. The highest BCUT2D eigenvalue weighted by atomic mass is 35.5. The summed E-state index contributed by atoms with van der Waals surface area (Å²) in [5, 5.41) is 1.05. The molecule has 8 heteroatoms. The van der Waals surface area contributed by atoms with Crippen molar-refractivity contribution in [2.45, 2.75) is 32.4 Å². The van der Waals surface area contributed by atoms with E-state index in [1.54, 1.807) is 23.1 Å². The van der Waals surface area contributed by atoms with E-state index in [0.717, 1.165) is 49.2 Å². The highest BCUT2D eigenvalue weighted by Crippen LogP contribution is 2.41. The molecule has 0 aromatic heterocycles. The third-order valence-corrected chi connectivity index (χ3v) is 7.02. The minimum Gasteiger partial charge on any atom is -0.445 e. The van der Waals surface area contributed by atoms with Gasteiger partial charge in [0.05, 0.1) is 6.42 Å². The Morgan fingerprint density at radius 2 is 1.75 bits per heavy atom. The Balaban J connectivity index is 1.07. The lowest BCUT2D eigenvalue weighted by atomic mass is 9.72. The van der Waals surface area contributed by atoms with Gasteiger partial charge in [-0.05, 0) is 53.6 Å². The monoisotopic (exact) mass is 474 g/mol. The largest absolute Gasteiger partial charge is 0.445 e. The van der Waals surface area contributed by atoms with E-state index >= 15 is 0 Å². The van der Waals surface area contributed by atoms with Gasteiger partial charge in [-0.3, -0.25) is 9.69 Å². The number of hydrogen-bond donors (Lipinski definition) is 0. The first-order valence-corrected chi connectivity index (χ1v) is 11.5. The maximum Gasteiger partial charge on any atom is 0.410 e. The van der Waals surface area contributed by atoms with Gasteiger partial charge in [0.15, 0.2) is 0 Å². The first-order valence-electron chi connectivity index (χ1n) is 10.8. The predicted octanol–water partition coefficient (Wildman–Crippen LogP) is 4.69. The van der Waals surface area contributed by atoms with Crippen LogP contribution in [0.15, 0.2) is 36.4 Å². The summed E-state index contributed by atoms with van der Waals surface area (Å²) in [6, 6.07) is 11.2. The quantitative estimate of drug-likeness (QED) is 0.475. The van der Waals surface area contributed by atoms with E-state index in [-0.39, 0.29) is 24.1 Å². The summed E-state index contributed by atoms with van der Waals surface area (Å²) >= 11 is 12.0. The summed E-state index contributed by atoms with van der Waals surface area (Å²) in [4.78, 5) is 28.1. The molecule has 2 aromatic carbocycles. The van der Waals surface area contributed by atoms with E-state index in [0.29, 0.717) is 35.3 Å². The average molecular weight is 475 g/mol. The Morgan fingerprint density at radius 3 is 2.47 bits per heavy atom. The lowest BCUT2D eigenvalue weighted by Crippen LogP contribution is -2.60. The van der Waals surface area contributed by atoms with Gasteiger partial charge < -0.3 is 14.4 Å². The molecule has 1 spiro atoms. The van der Waals surface area contributed by atoms with Crippen molar-refractivity contribution >= 4 is 35.3 Å². The molecule has 0 radical (unpaired) electrons. The maximum atomic E-state index is 12.5. The Labute approximate surface area is 197 Å². The Morgan fingerprint density at radius 1 is 1.03 bits per heavy atom. The Kier molecular flexibility index (Phi) is 5.78. The van der Waals surface area contributed by atoms with Crippen LogP contribution in [0, 0.1) is 5.41 Å². The number of likely N-dealkylation sites (tertiary alicyclic amines) is 2. The number of halogens is 2. The van der Waals surface area contributed by atoms with Crippen molar-refractivity contribution in [3.8, 4) is 5.75 Å². The number of piperidine rings is 1. The van der Waals surface area contributed by atoms with E-state index in [1.165, 1.54) is 0 Å². The molecule has 0 unspecified atom stereocenters. The fraction of sp³-hybridized carbons (Fsp3) is 0.417. The second-order valence-corrected chi connectivity index (χ2v) is 9.93. The van der Waals surface area contributed by atoms with E-state index < -0.39 is 0 Å². The van der Waals surface area contributed by atoms with E-state index in [2.05, 4.69) is 11.0 Å². The van der Waals surface area contributed by atoms with Gasteiger partial charge in [-0.15, -0.1) is 0 Å². The van der Waals surface area contributed by atoms with Crippen LogP contribution in [0.5, 0.6) is 5.75 Å². The molecular formula is C24H24Cl2N2O4. The van der Waals surface area contributed by atoms with Gasteiger partial charge in [0.25, 0.3) is 0 Å². The molecule has 3 heterocycles. The molecule has 168 valence electrons. The number of ether oxygens (including phenoxy) is 2. The first kappa shape index (κ1) is 21.6. The normalized spacial score (nSPS) is 19.4. The standard InChI is InChI=1S/C24H24Cl2N2O4/c25-19-7-17(8-20(26)11-19)13-31-23(30)28-5-3-24(4-6-28)14-27(15-24)12-16-1-2-18-10-22(29)32-21(18)9-16/h1-2,7-9,11H,3-6,10,12-15H2. The molecule has 2 aromatic rings. The SMILES string of the molecule is O=C1Cc2ccc(CN3CC4(CCN(C(=O)OCc5cc(Cl)cc(Cl)c5)CC4)C3)cc2O1.